The molecule has 1 rings (SSSR count). The number of benzene rings is 1. The Morgan fingerprint density at radius 1 is 1.29 bits per heavy atom. The van der Waals surface area contributed by atoms with Crippen molar-refractivity contribution in [2.45, 2.75) is 13.3 Å². The van der Waals surface area contributed by atoms with Gasteiger partial charge in [0.15, 0.2) is 0 Å². The molecule has 0 heterocycles. The van der Waals surface area contributed by atoms with Gasteiger partial charge < -0.3 is 10.6 Å². The summed E-state index contributed by atoms with van der Waals surface area (Å²) in [5.41, 5.74) is -1.90. The summed E-state index contributed by atoms with van der Waals surface area (Å²) in [6.07, 6.45) is -0.0430. The maximum Gasteiger partial charge on any atom is 0.308 e. The van der Waals surface area contributed by atoms with Gasteiger partial charge in [-0.3, -0.25) is 19.7 Å². The zero-order valence-electron chi connectivity index (χ0n) is 11.1. The fraction of sp³-hybridized carbons (Fsp3) is 0.333. The van der Waals surface area contributed by atoms with Crippen molar-refractivity contribution in [2.24, 2.45) is 0 Å². The van der Waals surface area contributed by atoms with Crippen LogP contribution in [0, 0.1) is 21.7 Å². The number of halogens is 2. The van der Waals surface area contributed by atoms with Crippen molar-refractivity contribution in [2.75, 3.05) is 13.1 Å². The number of nitrogens with one attached hydrogen (secondary N) is 2. The lowest BCUT2D eigenvalue weighted by molar-refractivity contribution is -0.387. The van der Waals surface area contributed by atoms with Crippen molar-refractivity contribution in [1.29, 1.82) is 0 Å². The van der Waals surface area contributed by atoms with Crippen LogP contribution in [-0.2, 0) is 4.79 Å². The third kappa shape index (κ3) is 4.48. The predicted octanol–water partition coefficient (Wildman–Crippen LogP) is 1.13. The van der Waals surface area contributed by atoms with Gasteiger partial charge in [-0.1, -0.05) is 0 Å². The van der Waals surface area contributed by atoms with Crippen LogP contribution in [-0.4, -0.2) is 29.8 Å². The highest BCUT2D eigenvalue weighted by molar-refractivity contribution is 5.95. The van der Waals surface area contributed by atoms with Crippen LogP contribution in [0.4, 0.5) is 14.5 Å². The van der Waals surface area contributed by atoms with E-state index in [-0.39, 0.29) is 18.9 Å². The van der Waals surface area contributed by atoms with Crippen molar-refractivity contribution < 1.29 is 23.3 Å². The lowest BCUT2D eigenvalue weighted by Crippen LogP contribution is -2.31. The molecule has 7 nitrogen and oxygen atoms in total. The second kappa shape index (κ2) is 7.27. The molecule has 0 aromatic heterocycles. The largest absolute Gasteiger partial charge is 0.356 e. The second-order valence-electron chi connectivity index (χ2n) is 4.00. The quantitative estimate of drug-likeness (QED) is 0.607. The summed E-state index contributed by atoms with van der Waals surface area (Å²) in [6.45, 7) is 2.05. The van der Waals surface area contributed by atoms with Gasteiger partial charge in [-0.05, 0) is 13.0 Å². The Hall–Kier alpha value is -2.58. The maximum absolute atomic E-state index is 13.7. The van der Waals surface area contributed by atoms with Gasteiger partial charge in [0.25, 0.3) is 5.91 Å². The van der Waals surface area contributed by atoms with Gasteiger partial charge in [-0.2, -0.15) is 4.39 Å². The molecule has 0 aliphatic heterocycles. The molecule has 114 valence electrons. The number of carbonyl (C=O) groups is 2. The SMILES string of the molecule is CCNC(=O)CCNC(=O)c1cc(F)cc([N+](=O)[O-])c1F. The Morgan fingerprint density at radius 2 is 1.95 bits per heavy atom. The average molecular weight is 301 g/mol. The first kappa shape index (κ1) is 16.5. The van der Waals surface area contributed by atoms with Gasteiger partial charge in [0.1, 0.15) is 5.82 Å². The van der Waals surface area contributed by atoms with Crippen molar-refractivity contribution in [3.05, 3.63) is 39.4 Å². The minimum Gasteiger partial charge on any atom is -0.356 e. The molecule has 0 aliphatic rings. The summed E-state index contributed by atoms with van der Waals surface area (Å²) in [6, 6.07) is 0.949. The molecule has 0 fully saturated rings. The van der Waals surface area contributed by atoms with Crippen LogP contribution in [0.15, 0.2) is 12.1 Å². The van der Waals surface area contributed by atoms with Crippen molar-refractivity contribution in [1.82, 2.24) is 10.6 Å². The number of nitro benzene ring substituents is 1. The fourth-order valence-electron chi connectivity index (χ4n) is 1.54. The van der Waals surface area contributed by atoms with Gasteiger partial charge >= 0.3 is 5.69 Å². The molecule has 0 spiro atoms. The minimum atomic E-state index is -1.42. The zero-order chi connectivity index (χ0) is 16.0. The number of rotatable bonds is 6. The summed E-state index contributed by atoms with van der Waals surface area (Å²) < 4.78 is 26.9. The molecule has 0 saturated heterocycles. The number of nitrogens with zero attached hydrogens (tertiary/aromatic N) is 1. The van der Waals surface area contributed by atoms with Crippen molar-refractivity contribution in [3.63, 3.8) is 0 Å². The molecular weight excluding hydrogens is 288 g/mol. The Labute approximate surface area is 118 Å². The molecule has 0 unspecified atom stereocenters. The fourth-order valence-corrected chi connectivity index (χ4v) is 1.54. The summed E-state index contributed by atoms with van der Waals surface area (Å²) in [7, 11) is 0. The van der Waals surface area contributed by atoms with E-state index in [0.717, 1.165) is 0 Å². The Morgan fingerprint density at radius 3 is 2.52 bits per heavy atom. The minimum absolute atomic E-state index is 0.0430. The van der Waals surface area contributed by atoms with Gasteiger partial charge in [0, 0.05) is 19.5 Å². The van der Waals surface area contributed by atoms with Gasteiger partial charge in [-0.25, -0.2) is 4.39 Å². The van der Waals surface area contributed by atoms with Crippen LogP contribution in [0.25, 0.3) is 0 Å². The summed E-state index contributed by atoms with van der Waals surface area (Å²) in [5.74, 6) is -3.86. The Bertz CT molecular complexity index is 578. The normalized spacial score (nSPS) is 10.0. The highest BCUT2D eigenvalue weighted by Gasteiger charge is 2.24. The Kier molecular flexibility index (Phi) is 5.70. The number of nitro groups is 1. The first-order chi connectivity index (χ1) is 9.86. The van der Waals surface area contributed by atoms with E-state index < -0.39 is 33.7 Å². The lowest BCUT2D eigenvalue weighted by atomic mass is 10.1. The van der Waals surface area contributed by atoms with Gasteiger partial charge in [0.2, 0.25) is 11.7 Å². The third-order valence-electron chi connectivity index (χ3n) is 2.47. The van der Waals surface area contributed by atoms with Crippen LogP contribution in [0.3, 0.4) is 0 Å². The second-order valence-corrected chi connectivity index (χ2v) is 4.00. The smallest absolute Gasteiger partial charge is 0.308 e. The molecule has 2 amide bonds. The topological polar surface area (TPSA) is 101 Å². The van der Waals surface area contributed by atoms with Crippen LogP contribution in [0.2, 0.25) is 0 Å². The molecular formula is C12H13F2N3O4. The molecule has 0 radical (unpaired) electrons. The van der Waals surface area contributed by atoms with E-state index in [9.17, 15) is 28.5 Å². The van der Waals surface area contributed by atoms with Crippen LogP contribution in [0.1, 0.15) is 23.7 Å². The first-order valence-corrected chi connectivity index (χ1v) is 6.05. The van der Waals surface area contributed by atoms with E-state index in [0.29, 0.717) is 18.7 Å². The molecule has 9 heteroatoms. The molecule has 0 bridgehead atoms. The highest BCUT2D eigenvalue weighted by Crippen LogP contribution is 2.22. The highest BCUT2D eigenvalue weighted by atomic mass is 19.1. The summed E-state index contributed by atoms with van der Waals surface area (Å²) in [5, 5.41) is 15.2. The third-order valence-corrected chi connectivity index (χ3v) is 2.47. The summed E-state index contributed by atoms with van der Waals surface area (Å²) >= 11 is 0. The molecule has 0 saturated carbocycles. The zero-order valence-corrected chi connectivity index (χ0v) is 11.1. The van der Waals surface area contributed by atoms with Crippen molar-refractivity contribution >= 4 is 17.5 Å². The molecule has 1 aromatic rings. The van der Waals surface area contributed by atoms with Crippen LogP contribution in [0.5, 0.6) is 0 Å². The first-order valence-electron chi connectivity index (χ1n) is 6.05. The van der Waals surface area contributed by atoms with E-state index in [1.165, 1.54) is 0 Å². The van der Waals surface area contributed by atoms with E-state index in [4.69, 9.17) is 0 Å². The molecule has 2 N–H and O–H groups in total. The van der Waals surface area contributed by atoms with E-state index in [2.05, 4.69) is 10.6 Å². The van der Waals surface area contributed by atoms with E-state index >= 15 is 0 Å². The lowest BCUT2D eigenvalue weighted by Gasteiger charge is -2.06. The van der Waals surface area contributed by atoms with E-state index in [1.54, 1.807) is 6.92 Å². The molecule has 1 aromatic carbocycles. The molecule has 0 atom stereocenters. The monoisotopic (exact) mass is 301 g/mol. The number of hydrogen-bond acceptors (Lipinski definition) is 4. The maximum atomic E-state index is 13.7. The molecule has 0 aliphatic carbocycles. The Balaban J connectivity index is 2.79. The standard InChI is InChI=1S/C12H13F2N3O4/c1-2-15-10(18)3-4-16-12(19)8-5-7(13)6-9(11(8)14)17(20)21/h5-6H,2-4H2,1H3,(H,15,18)(H,16,19). The van der Waals surface area contributed by atoms with Crippen LogP contribution >= 0.6 is 0 Å². The van der Waals surface area contributed by atoms with E-state index in [1.807, 2.05) is 0 Å². The molecule has 21 heavy (non-hydrogen) atoms. The van der Waals surface area contributed by atoms with Crippen molar-refractivity contribution in [3.8, 4) is 0 Å². The number of hydrogen-bond donors (Lipinski definition) is 2. The van der Waals surface area contributed by atoms with Crippen LogP contribution < -0.4 is 10.6 Å². The summed E-state index contributed by atoms with van der Waals surface area (Å²) in [4.78, 5) is 32.2. The number of amides is 2. The number of carbonyl (C=O) groups excluding carboxylic acids is 2. The predicted molar refractivity (Wildman–Crippen MR) is 68.6 cm³/mol. The van der Waals surface area contributed by atoms with Gasteiger partial charge in [0.05, 0.1) is 16.6 Å². The van der Waals surface area contributed by atoms with Gasteiger partial charge in [-0.15, -0.1) is 0 Å². The average Bonchev–Trinajstić information content (AvgIpc) is 2.40.